The van der Waals surface area contributed by atoms with Gasteiger partial charge in [-0.2, -0.15) is 0 Å². The van der Waals surface area contributed by atoms with Crippen LogP contribution in [-0.2, 0) is 4.74 Å². The molecule has 2 heterocycles. The van der Waals surface area contributed by atoms with Crippen molar-refractivity contribution in [3.8, 4) is 0 Å². The zero-order chi connectivity index (χ0) is 8.23. The lowest BCUT2D eigenvalue weighted by Crippen LogP contribution is -2.35. The lowest BCUT2D eigenvalue weighted by atomic mass is 9.93. The Morgan fingerprint density at radius 3 is 2.92 bits per heavy atom. The molecule has 0 aromatic heterocycles. The molecular weight excluding hydrogens is 150 g/mol. The molecule has 2 atom stereocenters. The number of nitrogens with one attached hydrogen (secondary N) is 1. The monoisotopic (exact) mass is 169 g/mol. The van der Waals surface area contributed by atoms with Gasteiger partial charge in [-0.05, 0) is 38.1 Å². The van der Waals surface area contributed by atoms with Crippen molar-refractivity contribution in [3.05, 3.63) is 0 Å². The third kappa shape index (κ3) is 2.20. The third-order valence-corrected chi connectivity index (χ3v) is 3.05. The summed E-state index contributed by atoms with van der Waals surface area (Å²) in [6, 6.07) is 0.797. The molecule has 0 amide bonds. The van der Waals surface area contributed by atoms with Crippen molar-refractivity contribution in [1.82, 2.24) is 5.32 Å². The van der Waals surface area contributed by atoms with Gasteiger partial charge in [-0.3, -0.25) is 0 Å². The minimum atomic E-state index is 0.797. The van der Waals surface area contributed by atoms with Crippen LogP contribution in [0.25, 0.3) is 0 Å². The minimum absolute atomic E-state index is 0.797. The fourth-order valence-electron chi connectivity index (χ4n) is 2.30. The van der Waals surface area contributed by atoms with Crippen molar-refractivity contribution in [2.24, 2.45) is 5.92 Å². The maximum absolute atomic E-state index is 5.37. The Balaban J connectivity index is 1.69. The lowest BCUT2D eigenvalue weighted by Gasteiger charge is -2.25. The summed E-state index contributed by atoms with van der Waals surface area (Å²) in [7, 11) is 0. The molecule has 0 saturated carbocycles. The van der Waals surface area contributed by atoms with Crippen molar-refractivity contribution in [1.29, 1.82) is 0 Å². The largest absolute Gasteiger partial charge is 0.381 e. The number of ether oxygens (including phenoxy) is 1. The van der Waals surface area contributed by atoms with Crippen LogP contribution in [0.5, 0.6) is 0 Å². The molecule has 0 aromatic carbocycles. The summed E-state index contributed by atoms with van der Waals surface area (Å²) >= 11 is 0. The van der Waals surface area contributed by atoms with Crippen LogP contribution in [0.1, 0.15) is 32.1 Å². The summed E-state index contributed by atoms with van der Waals surface area (Å²) < 4.78 is 5.37. The average molecular weight is 169 g/mol. The van der Waals surface area contributed by atoms with Gasteiger partial charge in [0, 0.05) is 19.3 Å². The lowest BCUT2D eigenvalue weighted by molar-refractivity contribution is 0.179. The van der Waals surface area contributed by atoms with Gasteiger partial charge in [-0.15, -0.1) is 0 Å². The molecule has 1 N–H and O–H groups in total. The second-order valence-electron chi connectivity index (χ2n) is 4.11. The highest BCUT2D eigenvalue weighted by Crippen LogP contribution is 2.21. The molecule has 12 heavy (non-hydrogen) atoms. The molecule has 2 fully saturated rings. The highest BCUT2D eigenvalue weighted by Gasteiger charge is 2.21. The summed E-state index contributed by atoms with van der Waals surface area (Å²) in [5.41, 5.74) is 0. The van der Waals surface area contributed by atoms with Gasteiger partial charge in [0.05, 0.1) is 0 Å². The zero-order valence-electron chi connectivity index (χ0n) is 7.72. The quantitative estimate of drug-likeness (QED) is 0.677. The van der Waals surface area contributed by atoms with Crippen LogP contribution in [0, 0.1) is 5.92 Å². The minimum Gasteiger partial charge on any atom is -0.381 e. The second-order valence-corrected chi connectivity index (χ2v) is 4.11. The molecular formula is C10H19NO. The smallest absolute Gasteiger partial charge is 0.0495 e. The molecule has 2 heteroatoms. The van der Waals surface area contributed by atoms with Crippen LogP contribution in [0.15, 0.2) is 0 Å². The van der Waals surface area contributed by atoms with Crippen LogP contribution in [0.3, 0.4) is 0 Å². The van der Waals surface area contributed by atoms with E-state index in [0.717, 1.165) is 25.2 Å². The highest BCUT2D eigenvalue weighted by atomic mass is 16.5. The molecule has 0 aliphatic carbocycles. The summed E-state index contributed by atoms with van der Waals surface area (Å²) in [4.78, 5) is 0. The van der Waals surface area contributed by atoms with Crippen LogP contribution in [-0.4, -0.2) is 25.8 Å². The molecule has 2 unspecified atom stereocenters. The van der Waals surface area contributed by atoms with Gasteiger partial charge in [0.25, 0.3) is 0 Å². The van der Waals surface area contributed by atoms with Crippen LogP contribution in [0.2, 0.25) is 0 Å². The van der Waals surface area contributed by atoms with Crippen molar-refractivity contribution in [2.75, 3.05) is 19.8 Å². The van der Waals surface area contributed by atoms with Gasteiger partial charge >= 0.3 is 0 Å². The fraction of sp³-hybridized carbons (Fsp3) is 1.00. The van der Waals surface area contributed by atoms with Crippen molar-refractivity contribution >= 4 is 0 Å². The maximum atomic E-state index is 5.37. The Bertz CT molecular complexity index is 126. The number of rotatable bonds is 2. The molecule has 0 bridgehead atoms. The van der Waals surface area contributed by atoms with Gasteiger partial charge in [-0.1, -0.05) is 6.42 Å². The number of hydrogen-bond donors (Lipinski definition) is 1. The molecule has 2 rings (SSSR count). The number of piperidine rings is 1. The molecule has 0 aromatic rings. The summed E-state index contributed by atoms with van der Waals surface area (Å²) in [5, 5.41) is 3.59. The van der Waals surface area contributed by atoms with E-state index in [4.69, 9.17) is 4.74 Å². The average Bonchev–Trinajstić information content (AvgIpc) is 2.59. The van der Waals surface area contributed by atoms with Gasteiger partial charge in [-0.25, -0.2) is 0 Å². The first kappa shape index (κ1) is 8.52. The molecule has 2 nitrogen and oxygen atoms in total. The second kappa shape index (κ2) is 4.24. The fourth-order valence-corrected chi connectivity index (χ4v) is 2.30. The first-order valence-electron chi connectivity index (χ1n) is 5.26. The van der Waals surface area contributed by atoms with Crippen LogP contribution in [0.4, 0.5) is 0 Å². The van der Waals surface area contributed by atoms with E-state index in [1.54, 1.807) is 0 Å². The predicted molar refractivity (Wildman–Crippen MR) is 49.2 cm³/mol. The normalized spacial score (nSPS) is 37.0. The van der Waals surface area contributed by atoms with Gasteiger partial charge < -0.3 is 10.1 Å². The number of hydrogen-bond acceptors (Lipinski definition) is 2. The Kier molecular flexibility index (Phi) is 3.01. The van der Waals surface area contributed by atoms with Gasteiger partial charge in [0.1, 0.15) is 0 Å². The predicted octanol–water partition coefficient (Wildman–Crippen LogP) is 1.56. The SMILES string of the molecule is C1CCC(CC2CCOC2)NC1. The Morgan fingerprint density at radius 2 is 2.25 bits per heavy atom. The summed E-state index contributed by atoms with van der Waals surface area (Å²) in [6.45, 7) is 3.24. The van der Waals surface area contributed by atoms with Crippen molar-refractivity contribution in [3.63, 3.8) is 0 Å². The molecule has 0 radical (unpaired) electrons. The summed E-state index contributed by atoms with van der Waals surface area (Å²) in [5.74, 6) is 0.848. The molecule has 2 aliphatic heterocycles. The van der Waals surface area contributed by atoms with E-state index < -0.39 is 0 Å². The standard InChI is InChI=1S/C10H19NO/c1-2-5-11-10(3-1)7-9-4-6-12-8-9/h9-11H,1-8H2. The van der Waals surface area contributed by atoms with Gasteiger partial charge in [0.15, 0.2) is 0 Å². The van der Waals surface area contributed by atoms with E-state index in [9.17, 15) is 0 Å². The van der Waals surface area contributed by atoms with Crippen LogP contribution < -0.4 is 5.32 Å². The maximum Gasteiger partial charge on any atom is 0.0495 e. The zero-order valence-corrected chi connectivity index (χ0v) is 7.72. The Labute approximate surface area is 74.7 Å². The van der Waals surface area contributed by atoms with E-state index in [1.165, 1.54) is 38.6 Å². The highest BCUT2D eigenvalue weighted by molar-refractivity contribution is 4.77. The van der Waals surface area contributed by atoms with Gasteiger partial charge in [0.2, 0.25) is 0 Å². The molecule has 2 aliphatic rings. The molecule has 0 spiro atoms. The van der Waals surface area contributed by atoms with E-state index >= 15 is 0 Å². The Hall–Kier alpha value is -0.0800. The summed E-state index contributed by atoms with van der Waals surface area (Å²) in [6.07, 6.45) is 6.82. The Morgan fingerprint density at radius 1 is 1.25 bits per heavy atom. The van der Waals surface area contributed by atoms with E-state index in [1.807, 2.05) is 0 Å². The first-order valence-corrected chi connectivity index (χ1v) is 5.26. The van der Waals surface area contributed by atoms with Crippen molar-refractivity contribution in [2.45, 2.75) is 38.1 Å². The van der Waals surface area contributed by atoms with Crippen LogP contribution >= 0.6 is 0 Å². The topological polar surface area (TPSA) is 21.3 Å². The first-order chi connectivity index (χ1) is 5.95. The van der Waals surface area contributed by atoms with E-state index in [-0.39, 0.29) is 0 Å². The van der Waals surface area contributed by atoms with E-state index in [0.29, 0.717) is 0 Å². The van der Waals surface area contributed by atoms with Crippen molar-refractivity contribution < 1.29 is 4.74 Å². The van der Waals surface area contributed by atoms with E-state index in [2.05, 4.69) is 5.32 Å². The molecule has 2 saturated heterocycles. The third-order valence-electron chi connectivity index (χ3n) is 3.05. The molecule has 70 valence electrons.